The van der Waals surface area contributed by atoms with Gasteiger partial charge in [-0.05, 0) is 22.9 Å². The third kappa shape index (κ3) is 3.39. The van der Waals surface area contributed by atoms with E-state index in [9.17, 15) is 0 Å². The van der Waals surface area contributed by atoms with Crippen molar-refractivity contribution in [2.75, 3.05) is 0 Å². The molecule has 3 rings (SSSR count). The minimum atomic E-state index is 0.314. The van der Waals surface area contributed by atoms with Crippen LogP contribution in [0.3, 0.4) is 0 Å². The van der Waals surface area contributed by atoms with E-state index < -0.39 is 0 Å². The van der Waals surface area contributed by atoms with Crippen molar-refractivity contribution in [2.45, 2.75) is 0 Å². The first kappa shape index (κ1) is 14.4. The molecule has 5 heteroatoms. The van der Waals surface area contributed by atoms with Crippen molar-refractivity contribution in [1.82, 2.24) is 20.2 Å². The number of aromatic nitrogens is 4. The lowest BCUT2D eigenvalue weighted by atomic mass is 10.2. The quantitative estimate of drug-likeness (QED) is 0.687. The molecule has 0 atom stereocenters. The van der Waals surface area contributed by atoms with Crippen LogP contribution in [0.2, 0.25) is 0 Å². The highest BCUT2D eigenvalue weighted by Gasteiger charge is 2.00. The monoisotopic (exact) mass is 299 g/mol. The molecule has 1 N–H and O–H groups in total. The number of H-pyrrole nitrogens is 1. The number of nitrogens with one attached hydrogen (secondary N) is 1. The molecule has 1 aromatic carbocycles. The Bertz CT molecular complexity index is 998. The maximum atomic E-state index is 9.11. The van der Waals surface area contributed by atoms with Crippen LogP contribution < -0.4 is 0 Å². The predicted octanol–water partition coefficient (Wildman–Crippen LogP) is 3.63. The first-order valence-electron chi connectivity index (χ1n) is 7.02. The average molecular weight is 299 g/mol. The first-order chi connectivity index (χ1) is 11.4. The molecule has 0 fully saturated rings. The van der Waals surface area contributed by atoms with E-state index in [4.69, 9.17) is 5.26 Å². The van der Waals surface area contributed by atoms with E-state index in [-0.39, 0.29) is 0 Å². The van der Waals surface area contributed by atoms with E-state index in [1.54, 1.807) is 30.9 Å². The molecule has 0 amide bonds. The van der Waals surface area contributed by atoms with Gasteiger partial charge in [0.15, 0.2) is 5.69 Å². The molecule has 0 saturated heterocycles. The molecule has 0 aliphatic rings. The van der Waals surface area contributed by atoms with E-state index in [1.165, 1.54) is 0 Å². The lowest BCUT2D eigenvalue weighted by Gasteiger charge is -1.89. The molecule has 3 aromatic rings. The van der Waals surface area contributed by atoms with Gasteiger partial charge in [-0.1, -0.05) is 36.4 Å². The van der Waals surface area contributed by atoms with Crippen LogP contribution in [-0.4, -0.2) is 20.2 Å². The maximum absolute atomic E-state index is 9.11. The van der Waals surface area contributed by atoms with Crippen molar-refractivity contribution in [2.24, 2.45) is 0 Å². The molecule has 2 heterocycles. The zero-order valence-electron chi connectivity index (χ0n) is 12.2. The van der Waals surface area contributed by atoms with Gasteiger partial charge in [-0.25, -0.2) is 0 Å². The van der Waals surface area contributed by atoms with E-state index in [0.717, 1.165) is 10.8 Å². The Labute approximate surface area is 132 Å². The third-order valence-electron chi connectivity index (χ3n) is 3.24. The molecule has 0 bridgehead atoms. The summed E-state index contributed by atoms with van der Waals surface area (Å²) in [6.45, 7) is 0. The van der Waals surface area contributed by atoms with Crippen molar-refractivity contribution in [3.05, 3.63) is 79.0 Å². The number of hydrogen-bond acceptors (Lipinski definition) is 4. The highest BCUT2D eigenvalue weighted by atomic mass is 15.1. The molecular formula is C18H13N5. The Morgan fingerprint density at radius 1 is 0.826 bits per heavy atom. The SMILES string of the molecule is N#Cc1n[nH]c2cncc3ccccc3ccccnccc12. The summed E-state index contributed by atoms with van der Waals surface area (Å²) < 4.78 is 0. The van der Waals surface area contributed by atoms with Gasteiger partial charge in [-0.15, -0.1) is 0 Å². The molecule has 23 heavy (non-hydrogen) atoms. The normalized spacial score (nSPS) is 9.70. The Morgan fingerprint density at radius 3 is 2.43 bits per heavy atom. The van der Waals surface area contributed by atoms with Gasteiger partial charge in [0.2, 0.25) is 0 Å². The molecule has 0 aliphatic heterocycles. The van der Waals surface area contributed by atoms with Crippen LogP contribution in [0.25, 0.3) is 21.7 Å². The fourth-order valence-electron chi connectivity index (χ4n) is 2.11. The Balaban J connectivity index is 2.33. The summed E-state index contributed by atoms with van der Waals surface area (Å²) in [4.78, 5) is 8.50. The fourth-order valence-corrected chi connectivity index (χ4v) is 2.11. The summed E-state index contributed by atoms with van der Waals surface area (Å²) in [5.74, 6) is 0. The number of nitrogens with zero attached hydrogens (tertiary/aromatic N) is 4. The van der Waals surface area contributed by atoms with Gasteiger partial charge >= 0.3 is 0 Å². The number of nitriles is 1. The van der Waals surface area contributed by atoms with Crippen molar-refractivity contribution in [3.63, 3.8) is 0 Å². The lowest BCUT2D eigenvalue weighted by molar-refractivity contribution is 1.09. The number of hydrogen-bond donors (Lipinski definition) is 1. The summed E-state index contributed by atoms with van der Waals surface area (Å²) >= 11 is 0. The Morgan fingerprint density at radius 2 is 1.61 bits per heavy atom. The molecule has 5 nitrogen and oxygen atoms in total. The molecule has 2 aromatic heterocycles. The number of rotatable bonds is 0. The summed E-state index contributed by atoms with van der Waals surface area (Å²) in [7, 11) is 0. The van der Waals surface area contributed by atoms with Gasteiger partial charge in [-0.3, -0.25) is 15.1 Å². The zero-order valence-corrected chi connectivity index (χ0v) is 12.2. The minimum Gasteiger partial charge on any atom is -0.275 e. The van der Waals surface area contributed by atoms with Crippen LogP contribution in [0.15, 0.2) is 73.3 Å². The van der Waals surface area contributed by atoms with Crippen LogP contribution in [-0.2, 0) is 0 Å². The molecule has 110 valence electrons. The van der Waals surface area contributed by atoms with Gasteiger partial charge < -0.3 is 0 Å². The van der Waals surface area contributed by atoms with Crippen LogP contribution >= 0.6 is 0 Å². The third-order valence-corrected chi connectivity index (χ3v) is 3.24. The number of benzene rings is 1. The van der Waals surface area contributed by atoms with Gasteiger partial charge in [0, 0.05) is 24.0 Å². The van der Waals surface area contributed by atoms with Crippen LogP contribution in [0, 0.1) is 11.3 Å². The molecule has 0 radical (unpaired) electrons. The Hall–Kier alpha value is -3.52. The number of aromatic amines is 1. The van der Waals surface area contributed by atoms with Crippen LogP contribution in [0.1, 0.15) is 5.69 Å². The summed E-state index contributed by atoms with van der Waals surface area (Å²) in [5, 5.41) is 18.6. The van der Waals surface area contributed by atoms with E-state index in [2.05, 4.69) is 20.2 Å². The summed E-state index contributed by atoms with van der Waals surface area (Å²) in [6, 6.07) is 17.5. The highest BCUT2D eigenvalue weighted by Crippen LogP contribution is 2.11. The van der Waals surface area contributed by atoms with E-state index in [1.807, 2.05) is 48.5 Å². The second kappa shape index (κ2) is 6.96. The van der Waals surface area contributed by atoms with Gasteiger partial charge in [-0.2, -0.15) is 10.4 Å². The smallest absolute Gasteiger partial charge is 0.170 e. The van der Waals surface area contributed by atoms with Crippen LogP contribution in [0.4, 0.5) is 0 Å². The average Bonchev–Trinajstić information content (AvgIpc) is 2.97. The minimum absolute atomic E-state index is 0.314. The van der Waals surface area contributed by atoms with Gasteiger partial charge in [0.05, 0.1) is 11.7 Å². The standard InChI is InChI=1S/C18H13N5/c19-11-17-16-8-10-20-9-4-3-6-14-5-1-2-7-15(14)12-21-13-18(16)23-22-17/h1-10,12-13H,(H,22,23). The van der Waals surface area contributed by atoms with Crippen LogP contribution in [0.5, 0.6) is 0 Å². The summed E-state index contributed by atoms with van der Waals surface area (Å²) in [5.41, 5.74) is 0.979. The Kier molecular flexibility index (Phi) is 4.36. The van der Waals surface area contributed by atoms with Crippen molar-refractivity contribution >= 4 is 21.7 Å². The lowest BCUT2D eigenvalue weighted by Crippen LogP contribution is -1.71. The fraction of sp³-hybridized carbons (Fsp3) is 0. The molecular weight excluding hydrogens is 286 g/mol. The van der Waals surface area contributed by atoms with Gasteiger partial charge in [0.25, 0.3) is 0 Å². The highest BCUT2D eigenvalue weighted by molar-refractivity contribution is 5.82. The largest absolute Gasteiger partial charge is 0.275 e. The molecule has 0 spiro atoms. The summed E-state index contributed by atoms with van der Waals surface area (Å²) in [6.07, 6.45) is 6.73. The molecule has 0 unspecified atom stereocenters. The van der Waals surface area contributed by atoms with Gasteiger partial charge in [0.1, 0.15) is 6.07 Å². The zero-order chi connectivity index (χ0) is 15.9. The second-order valence-electron chi connectivity index (χ2n) is 4.71. The topological polar surface area (TPSA) is 78.2 Å². The van der Waals surface area contributed by atoms with Crippen molar-refractivity contribution in [3.8, 4) is 6.07 Å². The van der Waals surface area contributed by atoms with E-state index in [0.29, 0.717) is 16.6 Å². The van der Waals surface area contributed by atoms with Crippen molar-refractivity contribution in [1.29, 1.82) is 5.26 Å². The molecule has 0 saturated carbocycles. The maximum Gasteiger partial charge on any atom is 0.170 e. The first-order valence-corrected chi connectivity index (χ1v) is 7.02. The van der Waals surface area contributed by atoms with Crippen molar-refractivity contribution < 1.29 is 0 Å². The number of fused-ring (bicyclic) bond motifs is 2. The van der Waals surface area contributed by atoms with E-state index >= 15 is 0 Å². The molecule has 0 aliphatic carbocycles. The second-order valence-corrected chi connectivity index (χ2v) is 4.71. The predicted molar refractivity (Wildman–Crippen MR) is 89.2 cm³/mol.